The standard InChI is InChI=1S/C40H46N8O5/c1-3-38(29(2)49)48-40(52)47(28-41-48)35-10-8-32(9-11-35)44-22-26-46(27-23-44)34-14-18-37(19-15-34)53-39(51)42-30-4-6-31(7-5-30)43-20-24-45(25-21-43)33-12-16-36(50)17-13-33/h4-19,28-29,38,49-50H,3,20-27H2,1-2H3,(H,42,51)/t29-,38-/m0/s1. The number of benzene rings is 4. The van der Waals surface area contributed by atoms with Crippen molar-refractivity contribution in [3.05, 3.63) is 114 Å². The molecule has 1 aromatic heterocycles. The molecule has 2 atom stereocenters. The van der Waals surface area contributed by atoms with Gasteiger partial charge < -0.3 is 34.5 Å². The van der Waals surface area contributed by atoms with Crippen LogP contribution in [0, 0.1) is 0 Å². The summed E-state index contributed by atoms with van der Waals surface area (Å²) in [5.41, 5.74) is 5.47. The van der Waals surface area contributed by atoms with Crippen molar-refractivity contribution in [3.8, 4) is 17.2 Å². The lowest BCUT2D eigenvalue weighted by Gasteiger charge is -2.37. The Balaban J connectivity index is 0.861. The quantitative estimate of drug-likeness (QED) is 0.174. The highest BCUT2D eigenvalue weighted by Crippen LogP contribution is 2.26. The molecule has 13 heteroatoms. The summed E-state index contributed by atoms with van der Waals surface area (Å²) in [7, 11) is 0. The normalized spacial score (nSPS) is 16.0. The van der Waals surface area contributed by atoms with E-state index >= 15 is 0 Å². The summed E-state index contributed by atoms with van der Waals surface area (Å²) in [5, 5.41) is 26.7. The van der Waals surface area contributed by atoms with Crippen LogP contribution < -0.4 is 35.3 Å². The molecule has 3 heterocycles. The van der Waals surface area contributed by atoms with Crippen LogP contribution in [0.3, 0.4) is 0 Å². The van der Waals surface area contributed by atoms with Crippen molar-refractivity contribution < 1.29 is 19.7 Å². The molecular weight excluding hydrogens is 672 g/mol. The number of phenols is 1. The fraction of sp³-hybridized carbons (Fsp3) is 0.325. The molecule has 0 spiro atoms. The maximum Gasteiger partial charge on any atom is 0.417 e. The minimum Gasteiger partial charge on any atom is -0.508 e. The van der Waals surface area contributed by atoms with E-state index in [9.17, 15) is 19.8 Å². The second-order valence-electron chi connectivity index (χ2n) is 13.5. The summed E-state index contributed by atoms with van der Waals surface area (Å²) < 4.78 is 8.44. The van der Waals surface area contributed by atoms with Crippen molar-refractivity contribution in [2.75, 3.05) is 77.3 Å². The first-order chi connectivity index (χ1) is 25.7. The number of amides is 1. The highest BCUT2D eigenvalue weighted by molar-refractivity contribution is 5.86. The molecule has 0 unspecified atom stereocenters. The van der Waals surface area contributed by atoms with Gasteiger partial charge in [-0.3, -0.25) is 5.32 Å². The highest BCUT2D eigenvalue weighted by atomic mass is 16.6. The molecule has 2 saturated heterocycles. The third-order valence-electron chi connectivity index (χ3n) is 10.1. The molecule has 7 rings (SSSR count). The molecule has 13 nitrogen and oxygen atoms in total. The fourth-order valence-corrected chi connectivity index (χ4v) is 7.10. The van der Waals surface area contributed by atoms with Crippen LogP contribution in [0.4, 0.5) is 33.2 Å². The molecule has 1 amide bonds. The van der Waals surface area contributed by atoms with Gasteiger partial charge in [0.25, 0.3) is 0 Å². The molecule has 0 aliphatic carbocycles. The summed E-state index contributed by atoms with van der Waals surface area (Å²) in [5.74, 6) is 0.739. The van der Waals surface area contributed by atoms with Gasteiger partial charge in [-0.05, 0) is 110 Å². The number of nitrogens with zero attached hydrogens (tertiary/aromatic N) is 7. The second-order valence-corrected chi connectivity index (χ2v) is 13.5. The van der Waals surface area contributed by atoms with Gasteiger partial charge in [0.1, 0.15) is 17.8 Å². The summed E-state index contributed by atoms with van der Waals surface area (Å²) in [6.45, 7) is 10.4. The predicted molar refractivity (Wildman–Crippen MR) is 208 cm³/mol. The number of anilines is 5. The minimum absolute atomic E-state index is 0.268. The van der Waals surface area contributed by atoms with Gasteiger partial charge in [0.15, 0.2) is 0 Å². The average molecular weight is 719 g/mol. The van der Waals surface area contributed by atoms with Crippen molar-refractivity contribution in [1.29, 1.82) is 0 Å². The second kappa shape index (κ2) is 15.7. The van der Waals surface area contributed by atoms with E-state index in [1.165, 1.54) is 15.6 Å². The van der Waals surface area contributed by atoms with Gasteiger partial charge in [-0.1, -0.05) is 6.92 Å². The van der Waals surface area contributed by atoms with Gasteiger partial charge in [-0.15, -0.1) is 0 Å². The zero-order chi connectivity index (χ0) is 36.9. The Morgan fingerprint density at radius 2 is 1.11 bits per heavy atom. The molecule has 4 aromatic carbocycles. The number of aliphatic hydroxyl groups excluding tert-OH is 1. The first-order valence-electron chi connectivity index (χ1n) is 18.2. The Kier molecular flexibility index (Phi) is 10.5. The van der Waals surface area contributed by atoms with Gasteiger partial charge in [0.05, 0.1) is 17.8 Å². The number of carbonyl (C=O) groups is 1. The average Bonchev–Trinajstić information content (AvgIpc) is 3.56. The Morgan fingerprint density at radius 3 is 1.57 bits per heavy atom. The zero-order valence-electron chi connectivity index (χ0n) is 30.1. The molecule has 2 fully saturated rings. The van der Waals surface area contributed by atoms with Crippen molar-refractivity contribution in [2.45, 2.75) is 32.4 Å². The number of aromatic hydroxyl groups is 1. The zero-order valence-corrected chi connectivity index (χ0v) is 30.1. The number of nitrogens with one attached hydrogen (secondary N) is 1. The Labute approximate surface area is 308 Å². The summed E-state index contributed by atoms with van der Waals surface area (Å²) in [6, 6.07) is 30.2. The van der Waals surface area contributed by atoms with Crippen LogP contribution >= 0.6 is 0 Å². The summed E-state index contributed by atoms with van der Waals surface area (Å²) >= 11 is 0. The number of rotatable bonds is 10. The number of ether oxygens (including phenoxy) is 1. The van der Waals surface area contributed by atoms with Crippen molar-refractivity contribution >= 4 is 34.5 Å². The summed E-state index contributed by atoms with van der Waals surface area (Å²) in [6.07, 6.45) is 0.897. The Morgan fingerprint density at radius 1 is 0.698 bits per heavy atom. The maximum atomic E-state index is 13.0. The molecule has 0 radical (unpaired) electrons. The van der Waals surface area contributed by atoms with Crippen LogP contribution in [-0.2, 0) is 0 Å². The predicted octanol–water partition coefficient (Wildman–Crippen LogP) is 5.34. The van der Waals surface area contributed by atoms with Crippen LogP contribution in [0.1, 0.15) is 26.3 Å². The van der Waals surface area contributed by atoms with Crippen LogP contribution in [0.5, 0.6) is 11.5 Å². The monoisotopic (exact) mass is 718 g/mol. The molecule has 0 saturated carbocycles. The first kappa shape index (κ1) is 35.5. The largest absolute Gasteiger partial charge is 0.508 e. The Hall–Kier alpha value is -5.95. The van der Waals surface area contributed by atoms with Crippen LogP contribution in [-0.4, -0.2) is 89.1 Å². The van der Waals surface area contributed by atoms with E-state index in [2.05, 4.69) is 30.0 Å². The van der Waals surface area contributed by atoms with Gasteiger partial charge in [-0.2, -0.15) is 5.10 Å². The third kappa shape index (κ3) is 8.10. The van der Waals surface area contributed by atoms with Gasteiger partial charge in [0.2, 0.25) is 0 Å². The van der Waals surface area contributed by atoms with E-state index in [0.717, 1.165) is 80.8 Å². The number of piperazine rings is 2. The van der Waals surface area contributed by atoms with E-state index in [-0.39, 0.29) is 17.5 Å². The van der Waals surface area contributed by atoms with E-state index in [1.807, 2.05) is 91.9 Å². The Bertz CT molecular complexity index is 2010. The lowest BCUT2D eigenvalue weighted by atomic mass is 10.1. The van der Waals surface area contributed by atoms with Crippen molar-refractivity contribution in [1.82, 2.24) is 14.3 Å². The molecule has 53 heavy (non-hydrogen) atoms. The van der Waals surface area contributed by atoms with E-state index in [4.69, 9.17) is 4.74 Å². The van der Waals surface area contributed by atoms with E-state index in [1.54, 1.807) is 19.1 Å². The number of aliphatic hydroxyl groups is 1. The van der Waals surface area contributed by atoms with Crippen LogP contribution in [0.2, 0.25) is 0 Å². The number of phenolic OH excluding ortho intramolecular Hbond substituents is 1. The first-order valence-corrected chi connectivity index (χ1v) is 18.2. The number of aromatic nitrogens is 3. The topological polar surface area (TPSA) is 132 Å². The fourth-order valence-electron chi connectivity index (χ4n) is 7.10. The lowest BCUT2D eigenvalue weighted by molar-refractivity contribution is 0.118. The molecular formula is C40H46N8O5. The van der Waals surface area contributed by atoms with Crippen molar-refractivity contribution in [3.63, 3.8) is 0 Å². The van der Waals surface area contributed by atoms with E-state index in [0.29, 0.717) is 17.9 Å². The van der Waals surface area contributed by atoms with Crippen LogP contribution in [0.15, 0.2) is 108 Å². The third-order valence-corrected chi connectivity index (χ3v) is 10.1. The maximum absolute atomic E-state index is 13.0. The number of carbonyl (C=O) groups excluding carboxylic acids is 1. The molecule has 276 valence electrons. The van der Waals surface area contributed by atoms with Crippen molar-refractivity contribution in [2.24, 2.45) is 0 Å². The molecule has 2 aliphatic heterocycles. The smallest absolute Gasteiger partial charge is 0.417 e. The molecule has 2 aliphatic rings. The molecule has 0 bridgehead atoms. The van der Waals surface area contributed by atoms with Gasteiger partial charge in [0, 0.05) is 80.8 Å². The van der Waals surface area contributed by atoms with E-state index < -0.39 is 12.2 Å². The molecule has 5 aromatic rings. The van der Waals surface area contributed by atoms with Crippen LogP contribution in [0.25, 0.3) is 5.69 Å². The van der Waals surface area contributed by atoms with Gasteiger partial charge >= 0.3 is 11.8 Å². The lowest BCUT2D eigenvalue weighted by Crippen LogP contribution is -2.46. The number of hydrogen-bond acceptors (Lipinski definition) is 10. The molecule has 3 N–H and O–H groups in total. The SMILES string of the molecule is CC[C@@H]([C@H](C)O)n1ncn(-c2ccc(N3CCN(c4ccc(OC(=O)Nc5ccc(N6CCN(c7ccc(O)cc7)CC6)cc5)cc4)CC3)cc2)c1=O. The van der Waals surface area contributed by atoms with Gasteiger partial charge in [-0.25, -0.2) is 18.8 Å². The summed E-state index contributed by atoms with van der Waals surface area (Å²) in [4.78, 5) is 34.9. The highest BCUT2D eigenvalue weighted by Gasteiger charge is 2.22. The number of hydrogen-bond donors (Lipinski definition) is 3. The minimum atomic E-state index is -0.672.